The van der Waals surface area contributed by atoms with E-state index in [1.165, 1.54) is 12.1 Å². The van der Waals surface area contributed by atoms with E-state index in [4.69, 9.17) is 4.98 Å². The third-order valence-corrected chi connectivity index (χ3v) is 5.43. The molecule has 0 aliphatic rings. The molecular formula is C24H21BrFN3O. The van der Waals surface area contributed by atoms with Crippen LogP contribution in [-0.4, -0.2) is 16.2 Å². The fraction of sp³-hybridized carbons (Fsp3) is 0.167. The van der Waals surface area contributed by atoms with Gasteiger partial charge in [0.1, 0.15) is 5.82 Å². The molecule has 6 heteroatoms. The Hall–Kier alpha value is -2.99. The lowest BCUT2D eigenvalue weighted by atomic mass is 10.1. The van der Waals surface area contributed by atoms with Crippen molar-refractivity contribution in [2.24, 2.45) is 0 Å². The summed E-state index contributed by atoms with van der Waals surface area (Å²) in [5.41, 5.74) is 2.26. The highest BCUT2D eigenvalue weighted by Gasteiger charge is 2.18. The summed E-state index contributed by atoms with van der Waals surface area (Å²) < 4.78 is 16.2. The predicted molar refractivity (Wildman–Crippen MR) is 123 cm³/mol. The Balaban J connectivity index is 1.92. The van der Waals surface area contributed by atoms with Gasteiger partial charge in [0, 0.05) is 16.6 Å². The maximum absolute atomic E-state index is 13.5. The molecule has 0 saturated carbocycles. The lowest BCUT2D eigenvalue weighted by Gasteiger charge is -2.28. The largest absolute Gasteiger partial charge is 0.304 e. The zero-order valence-electron chi connectivity index (χ0n) is 16.6. The van der Waals surface area contributed by atoms with Crippen LogP contribution in [0.15, 0.2) is 82.1 Å². The highest BCUT2D eigenvalue weighted by atomic mass is 79.9. The van der Waals surface area contributed by atoms with Crippen LogP contribution in [0.4, 0.5) is 4.39 Å². The Bertz CT molecular complexity index is 1220. The molecule has 0 aliphatic heterocycles. The lowest BCUT2D eigenvalue weighted by molar-refractivity contribution is 0.558. The minimum atomic E-state index is -0.325. The van der Waals surface area contributed by atoms with E-state index < -0.39 is 0 Å². The minimum Gasteiger partial charge on any atom is -0.304 e. The van der Waals surface area contributed by atoms with Crippen molar-refractivity contribution in [3.8, 4) is 11.4 Å². The van der Waals surface area contributed by atoms with Gasteiger partial charge in [0.05, 0.1) is 17.4 Å². The Kier molecular flexibility index (Phi) is 5.95. The first kappa shape index (κ1) is 20.3. The van der Waals surface area contributed by atoms with E-state index in [0.29, 0.717) is 35.4 Å². The number of fused-ring (bicyclic) bond motifs is 1. The number of hydrogen-bond donors (Lipinski definition) is 0. The van der Waals surface area contributed by atoms with Crippen molar-refractivity contribution >= 4 is 26.8 Å². The summed E-state index contributed by atoms with van der Waals surface area (Å²) in [5, 5.41) is 2.56. The molecule has 0 fully saturated rings. The summed E-state index contributed by atoms with van der Waals surface area (Å²) in [6, 6.07) is 21.5. The Labute approximate surface area is 182 Å². The molecule has 3 aromatic carbocycles. The molecule has 4 rings (SSSR count). The maximum Gasteiger partial charge on any atom is 0.280 e. The van der Waals surface area contributed by atoms with Crippen LogP contribution >= 0.6 is 15.9 Å². The lowest BCUT2D eigenvalue weighted by Crippen LogP contribution is -2.43. The minimum absolute atomic E-state index is 0.134. The second-order valence-corrected chi connectivity index (χ2v) is 8.01. The van der Waals surface area contributed by atoms with E-state index in [0.717, 1.165) is 16.5 Å². The average Bonchev–Trinajstić information content (AvgIpc) is 2.76. The molecule has 152 valence electrons. The molecule has 0 amide bonds. The first-order chi connectivity index (χ1) is 14.6. The quantitative estimate of drug-likeness (QED) is 0.376. The molecular weight excluding hydrogens is 445 g/mol. The summed E-state index contributed by atoms with van der Waals surface area (Å²) >= 11 is 3.46. The summed E-state index contributed by atoms with van der Waals surface area (Å²) in [6.45, 7) is 3.30. The highest BCUT2D eigenvalue weighted by Crippen LogP contribution is 2.21. The van der Waals surface area contributed by atoms with Crippen molar-refractivity contribution in [3.05, 3.63) is 99.0 Å². The van der Waals surface area contributed by atoms with Crippen LogP contribution in [0.25, 0.3) is 22.3 Å². The van der Waals surface area contributed by atoms with Crippen LogP contribution < -0.4 is 10.6 Å². The second kappa shape index (κ2) is 8.79. The molecule has 0 spiro atoms. The Morgan fingerprint density at radius 3 is 2.40 bits per heavy atom. The number of nitrogens with zero attached hydrogens (tertiary/aromatic N) is 3. The van der Waals surface area contributed by atoms with E-state index in [9.17, 15) is 9.18 Å². The second-order valence-electron chi connectivity index (χ2n) is 7.09. The monoisotopic (exact) mass is 465 g/mol. The van der Waals surface area contributed by atoms with Gasteiger partial charge >= 0.3 is 0 Å². The van der Waals surface area contributed by atoms with Gasteiger partial charge in [-0.25, -0.2) is 14.1 Å². The zero-order chi connectivity index (χ0) is 21.1. The summed E-state index contributed by atoms with van der Waals surface area (Å²) in [5.74, 6) is 0.179. The van der Waals surface area contributed by atoms with E-state index in [1.807, 2.05) is 47.5 Å². The van der Waals surface area contributed by atoms with E-state index >= 15 is 0 Å². The molecule has 0 atom stereocenters. The SMILES string of the molecule is CCCN(Cc1ccc(Br)cc1)n1c(-c2ccc(F)cc2)nc2ccccc2c1=O. The van der Waals surface area contributed by atoms with Gasteiger partial charge in [0.25, 0.3) is 5.56 Å². The third kappa shape index (κ3) is 4.14. The van der Waals surface area contributed by atoms with Crippen molar-refractivity contribution in [1.29, 1.82) is 0 Å². The van der Waals surface area contributed by atoms with Crippen LogP contribution in [0, 0.1) is 5.82 Å². The number of hydrogen-bond acceptors (Lipinski definition) is 3. The van der Waals surface area contributed by atoms with Gasteiger partial charge in [-0.3, -0.25) is 4.79 Å². The number of para-hydroxylation sites is 1. The van der Waals surface area contributed by atoms with Crippen LogP contribution in [0.1, 0.15) is 18.9 Å². The van der Waals surface area contributed by atoms with E-state index in [-0.39, 0.29) is 11.4 Å². The molecule has 30 heavy (non-hydrogen) atoms. The van der Waals surface area contributed by atoms with Gasteiger partial charge in [0.15, 0.2) is 5.82 Å². The van der Waals surface area contributed by atoms with Crippen molar-refractivity contribution in [3.63, 3.8) is 0 Å². The van der Waals surface area contributed by atoms with Gasteiger partial charge in [-0.05, 0) is 60.5 Å². The van der Waals surface area contributed by atoms with Gasteiger partial charge in [-0.1, -0.05) is 47.1 Å². The molecule has 1 aromatic heterocycles. The fourth-order valence-electron chi connectivity index (χ4n) is 3.48. The highest BCUT2D eigenvalue weighted by molar-refractivity contribution is 9.10. The van der Waals surface area contributed by atoms with E-state index in [1.54, 1.807) is 22.9 Å². The van der Waals surface area contributed by atoms with Gasteiger partial charge < -0.3 is 5.01 Å². The van der Waals surface area contributed by atoms with Crippen LogP contribution in [0.2, 0.25) is 0 Å². The molecule has 1 heterocycles. The van der Waals surface area contributed by atoms with Crippen molar-refractivity contribution < 1.29 is 4.39 Å². The van der Waals surface area contributed by atoms with Crippen LogP contribution in [0.5, 0.6) is 0 Å². The molecule has 0 saturated heterocycles. The normalized spacial score (nSPS) is 11.0. The smallest absolute Gasteiger partial charge is 0.280 e. The maximum atomic E-state index is 13.5. The summed E-state index contributed by atoms with van der Waals surface area (Å²) in [4.78, 5) is 18.3. The fourth-order valence-corrected chi connectivity index (χ4v) is 3.74. The van der Waals surface area contributed by atoms with Crippen molar-refractivity contribution in [2.45, 2.75) is 19.9 Å². The number of benzene rings is 3. The van der Waals surface area contributed by atoms with Crippen LogP contribution in [-0.2, 0) is 6.54 Å². The van der Waals surface area contributed by atoms with Gasteiger partial charge in [0.2, 0.25) is 0 Å². The Morgan fingerprint density at radius 1 is 1.00 bits per heavy atom. The molecule has 0 bridgehead atoms. The molecule has 4 aromatic rings. The number of aromatic nitrogens is 2. The average molecular weight is 466 g/mol. The first-order valence-corrected chi connectivity index (χ1v) is 10.6. The molecule has 0 N–H and O–H groups in total. The predicted octanol–water partition coefficient (Wildman–Crippen LogP) is 5.51. The molecule has 0 aliphatic carbocycles. The molecule has 0 radical (unpaired) electrons. The van der Waals surface area contributed by atoms with E-state index in [2.05, 4.69) is 22.9 Å². The topological polar surface area (TPSA) is 38.1 Å². The van der Waals surface area contributed by atoms with Crippen LogP contribution in [0.3, 0.4) is 0 Å². The molecule has 4 nitrogen and oxygen atoms in total. The summed E-state index contributed by atoms with van der Waals surface area (Å²) in [6.07, 6.45) is 0.860. The standard InChI is InChI=1S/C24H21BrFN3O/c1-2-15-28(16-17-7-11-19(25)12-8-17)29-23(18-9-13-20(26)14-10-18)27-22-6-4-3-5-21(22)24(29)30/h3-14H,2,15-16H2,1H3. The number of rotatable bonds is 6. The van der Waals surface area contributed by atoms with Crippen molar-refractivity contribution in [2.75, 3.05) is 11.6 Å². The van der Waals surface area contributed by atoms with Gasteiger partial charge in [-0.15, -0.1) is 0 Å². The van der Waals surface area contributed by atoms with Gasteiger partial charge in [-0.2, -0.15) is 0 Å². The van der Waals surface area contributed by atoms with Crippen molar-refractivity contribution in [1.82, 2.24) is 9.66 Å². The Morgan fingerprint density at radius 2 is 1.70 bits per heavy atom. The molecule has 0 unspecified atom stereocenters. The zero-order valence-corrected chi connectivity index (χ0v) is 18.1. The first-order valence-electron chi connectivity index (χ1n) is 9.84. The third-order valence-electron chi connectivity index (χ3n) is 4.90. The number of halogens is 2. The summed E-state index contributed by atoms with van der Waals surface area (Å²) in [7, 11) is 0.